The lowest BCUT2D eigenvalue weighted by Crippen LogP contribution is -2.35. The number of ether oxygens (including phenoxy) is 2. The first-order chi connectivity index (χ1) is 14.2. The lowest BCUT2D eigenvalue weighted by atomic mass is 10.0. The smallest absolute Gasteiger partial charge is 0.235 e. The van der Waals surface area contributed by atoms with Gasteiger partial charge in [0.15, 0.2) is 0 Å². The van der Waals surface area contributed by atoms with E-state index in [0.717, 1.165) is 29.8 Å². The van der Waals surface area contributed by atoms with Gasteiger partial charge >= 0.3 is 0 Å². The third kappa shape index (κ3) is 6.37. The Morgan fingerprint density at radius 3 is 2.10 bits per heavy atom. The Hall–Kier alpha value is -2.25. The normalized spacial score (nSPS) is 22.0. The van der Waals surface area contributed by atoms with E-state index in [4.69, 9.17) is 9.47 Å². The van der Waals surface area contributed by atoms with Gasteiger partial charge in [0.25, 0.3) is 0 Å². The van der Waals surface area contributed by atoms with Crippen LogP contribution in [0.1, 0.15) is 46.1 Å². The zero-order valence-electron chi connectivity index (χ0n) is 18.1. The third-order valence-electron chi connectivity index (χ3n) is 5.14. The van der Waals surface area contributed by atoms with Crippen LogP contribution in [0.5, 0.6) is 5.75 Å². The number of benzene rings is 2. The first kappa shape index (κ1) is 22.4. The molecule has 3 rings (SSSR count). The second-order valence-electron chi connectivity index (χ2n) is 8.24. The van der Waals surface area contributed by atoms with E-state index in [0.29, 0.717) is 12.2 Å². The van der Waals surface area contributed by atoms with E-state index in [1.807, 2.05) is 36.4 Å². The minimum absolute atomic E-state index is 0.189. The van der Waals surface area contributed by atoms with Crippen molar-refractivity contribution >= 4 is 21.4 Å². The minimum atomic E-state index is -3.32. The molecule has 2 unspecified atom stereocenters. The molecule has 2 atom stereocenters. The second-order valence-corrected chi connectivity index (χ2v) is 10.5. The van der Waals surface area contributed by atoms with Gasteiger partial charge in [0, 0.05) is 30.8 Å². The van der Waals surface area contributed by atoms with Crippen molar-refractivity contribution in [3.63, 3.8) is 0 Å². The van der Waals surface area contributed by atoms with Gasteiger partial charge in [-0.05, 0) is 69.7 Å². The predicted molar refractivity (Wildman–Crippen MR) is 122 cm³/mol. The second kappa shape index (κ2) is 9.71. The molecule has 0 bridgehead atoms. The van der Waals surface area contributed by atoms with Crippen LogP contribution < -0.4 is 14.8 Å². The number of rotatable bonds is 8. The Labute approximate surface area is 180 Å². The van der Waals surface area contributed by atoms with E-state index >= 15 is 0 Å². The first-order valence-corrected chi connectivity index (χ1v) is 12.0. The maximum absolute atomic E-state index is 11.9. The molecule has 164 valence electrons. The van der Waals surface area contributed by atoms with E-state index in [1.54, 1.807) is 26.0 Å². The van der Waals surface area contributed by atoms with Crippen LogP contribution in [0.2, 0.25) is 0 Å². The number of hydrogen-bond acceptors (Lipinski definition) is 5. The van der Waals surface area contributed by atoms with Crippen molar-refractivity contribution in [1.82, 2.24) is 0 Å². The lowest BCUT2D eigenvalue weighted by Gasteiger charge is -2.32. The van der Waals surface area contributed by atoms with Crippen molar-refractivity contribution in [2.24, 2.45) is 0 Å². The number of sulfonamides is 1. The van der Waals surface area contributed by atoms with E-state index < -0.39 is 15.3 Å². The molecule has 2 aromatic rings. The molecule has 1 aliphatic heterocycles. The van der Waals surface area contributed by atoms with Crippen LogP contribution in [0.25, 0.3) is 0 Å². The van der Waals surface area contributed by atoms with Gasteiger partial charge in [-0.15, -0.1) is 0 Å². The summed E-state index contributed by atoms with van der Waals surface area (Å²) in [5.41, 5.74) is 2.64. The molecule has 1 aliphatic rings. The summed E-state index contributed by atoms with van der Waals surface area (Å²) in [6, 6.07) is 15.4. The number of anilines is 2. The molecule has 2 N–H and O–H groups in total. The highest BCUT2D eigenvalue weighted by molar-refractivity contribution is 7.93. The van der Waals surface area contributed by atoms with Crippen molar-refractivity contribution in [2.75, 3.05) is 10.0 Å². The van der Waals surface area contributed by atoms with Gasteiger partial charge in [-0.2, -0.15) is 0 Å². The van der Waals surface area contributed by atoms with Gasteiger partial charge in [-0.3, -0.25) is 4.72 Å². The molecule has 0 aromatic heterocycles. The predicted octanol–water partition coefficient (Wildman–Crippen LogP) is 4.78. The molecule has 1 saturated heterocycles. The van der Waals surface area contributed by atoms with Gasteiger partial charge in [0.2, 0.25) is 10.0 Å². The molecule has 1 heterocycles. The summed E-state index contributed by atoms with van der Waals surface area (Å²) >= 11 is 0. The van der Waals surface area contributed by atoms with Crippen LogP contribution in [0.15, 0.2) is 48.5 Å². The van der Waals surface area contributed by atoms with Crippen molar-refractivity contribution in [3.05, 3.63) is 54.1 Å². The fraction of sp³-hybridized carbons (Fsp3) is 0.478. The Morgan fingerprint density at radius 2 is 1.53 bits per heavy atom. The molecule has 0 aliphatic carbocycles. The van der Waals surface area contributed by atoms with E-state index in [-0.39, 0.29) is 18.3 Å². The summed E-state index contributed by atoms with van der Waals surface area (Å²) in [7, 11) is -3.32. The molecule has 0 amide bonds. The molecule has 30 heavy (non-hydrogen) atoms. The molecule has 0 spiro atoms. The minimum Gasteiger partial charge on any atom is -0.490 e. The van der Waals surface area contributed by atoms with E-state index in [1.165, 1.54) is 0 Å². The maximum Gasteiger partial charge on any atom is 0.235 e. The van der Waals surface area contributed by atoms with Crippen LogP contribution in [-0.2, 0) is 21.3 Å². The summed E-state index contributed by atoms with van der Waals surface area (Å²) in [5.74, 6) is 0.869. The Balaban J connectivity index is 1.50. The van der Waals surface area contributed by atoms with Crippen molar-refractivity contribution in [1.29, 1.82) is 0 Å². The van der Waals surface area contributed by atoms with Gasteiger partial charge in [-0.25, -0.2) is 8.42 Å². The fourth-order valence-electron chi connectivity index (χ4n) is 3.46. The molecule has 0 radical (unpaired) electrons. The Bertz CT molecular complexity index is 901. The molecule has 7 heteroatoms. The topological polar surface area (TPSA) is 76.7 Å². The summed E-state index contributed by atoms with van der Waals surface area (Å²) in [5, 5.41) is 2.91. The van der Waals surface area contributed by atoms with Gasteiger partial charge < -0.3 is 14.8 Å². The van der Waals surface area contributed by atoms with Gasteiger partial charge in [0.1, 0.15) is 11.9 Å². The highest BCUT2D eigenvalue weighted by Crippen LogP contribution is 2.25. The van der Waals surface area contributed by atoms with Crippen LogP contribution in [0.3, 0.4) is 0 Å². The van der Waals surface area contributed by atoms with E-state index in [9.17, 15) is 8.42 Å². The molecule has 1 fully saturated rings. The zero-order valence-corrected chi connectivity index (χ0v) is 18.9. The molecular weight excluding hydrogens is 400 g/mol. The average molecular weight is 433 g/mol. The summed E-state index contributed by atoms with van der Waals surface area (Å²) in [4.78, 5) is 0. The van der Waals surface area contributed by atoms with Crippen LogP contribution in [-0.4, -0.2) is 32.0 Å². The molecule has 2 aromatic carbocycles. The van der Waals surface area contributed by atoms with Crippen LogP contribution in [0, 0.1) is 0 Å². The fourth-order valence-corrected chi connectivity index (χ4v) is 4.16. The number of nitrogens with one attached hydrogen (secondary N) is 2. The largest absolute Gasteiger partial charge is 0.490 e. The summed E-state index contributed by atoms with van der Waals surface area (Å²) in [6.07, 6.45) is 2.47. The molecular formula is C23H32N2O4S. The highest BCUT2D eigenvalue weighted by Gasteiger charge is 2.25. The average Bonchev–Trinajstić information content (AvgIpc) is 2.67. The van der Waals surface area contributed by atoms with Crippen LogP contribution >= 0.6 is 0 Å². The first-order valence-electron chi connectivity index (χ1n) is 10.5. The number of hydrogen-bond donors (Lipinski definition) is 2. The summed E-state index contributed by atoms with van der Waals surface area (Å²) < 4.78 is 38.4. The quantitative estimate of drug-likeness (QED) is 0.628. The summed E-state index contributed by atoms with van der Waals surface area (Å²) in [6.45, 7) is 8.13. The highest BCUT2D eigenvalue weighted by atomic mass is 32.2. The maximum atomic E-state index is 11.9. The monoisotopic (exact) mass is 432 g/mol. The lowest BCUT2D eigenvalue weighted by molar-refractivity contribution is -0.0721. The SMILES string of the molecule is CC1CC(Oc2ccc(NCc3ccc(NS(=O)(=O)C(C)C)cc3)cc2)CC(C)O1. The van der Waals surface area contributed by atoms with Crippen molar-refractivity contribution in [2.45, 2.75) is 70.6 Å². The Kier molecular flexibility index (Phi) is 7.26. The molecule has 6 nitrogen and oxygen atoms in total. The van der Waals surface area contributed by atoms with Crippen molar-refractivity contribution in [3.8, 4) is 5.75 Å². The third-order valence-corrected chi connectivity index (χ3v) is 6.90. The Morgan fingerprint density at radius 1 is 0.967 bits per heavy atom. The van der Waals surface area contributed by atoms with Gasteiger partial charge in [-0.1, -0.05) is 12.1 Å². The molecule has 0 saturated carbocycles. The standard InChI is InChI=1S/C23H32N2O4S/c1-16(2)30(26,27)25-21-7-5-19(6-8-21)15-24-20-9-11-22(12-10-20)29-23-13-17(3)28-18(4)14-23/h5-12,16-18,23-25H,13-15H2,1-4H3. The van der Waals surface area contributed by atoms with E-state index in [2.05, 4.69) is 23.9 Å². The zero-order chi connectivity index (χ0) is 21.7. The van der Waals surface area contributed by atoms with Gasteiger partial charge in [0.05, 0.1) is 17.5 Å². The van der Waals surface area contributed by atoms with Crippen LogP contribution in [0.4, 0.5) is 11.4 Å². The van der Waals surface area contributed by atoms with Crippen molar-refractivity contribution < 1.29 is 17.9 Å².